The number of aliphatic imine (C=N–C) groups is 1. The molecule has 3 rings (SSSR count). The van der Waals surface area contributed by atoms with E-state index in [4.69, 9.17) is 4.74 Å². The van der Waals surface area contributed by atoms with Crippen molar-refractivity contribution in [2.45, 2.75) is 57.7 Å². The molecule has 7 heteroatoms. The van der Waals surface area contributed by atoms with Crippen molar-refractivity contribution in [3.8, 4) is 5.75 Å². The summed E-state index contributed by atoms with van der Waals surface area (Å²) in [6.45, 7) is 2.50. The number of nitrogens with one attached hydrogen (secondary N) is 2. The molecule has 1 aliphatic rings. The van der Waals surface area contributed by atoms with Crippen LogP contribution in [0.25, 0.3) is 0 Å². The van der Waals surface area contributed by atoms with Crippen LogP contribution in [0.3, 0.4) is 0 Å². The van der Waals surface area contributed by atoms with Crippen LogP contribution in [0.15, 0.2) is 47.7 Å². The Bertz CT molecular complexity index is 681. The molecule has 0 bridgehead atoms. The molecule has 28 heavy (non-hydrogen) atoms. The fraction of sp³-hybridized carbons (Fsp3) is 0.524. The molecule has 154 valence electrons. The summed E-state index contributed by atoms with van der Waals surface area (Å²) in [7, 11) is 1.80. The van der Waals surface area contributed by atoms with Crippen molar-refractivity contribution in [3.05, 3.63) is 48.3 Å². The number of benzene rings is 1. The van der Waals surface area contributed by atoms with Gasteiger partial charge in [0.25, 0.3) is 0 Å². The molecule has 1 fully saturated rings. The van der Waals surface area contributed by atoms with Crippen molar-refractivity contribution in [3.63, 3.8) is 0 Å². The smallest absolute Gasteiger partial charge is 0.191 e. The molecule has 0 unspecified atom stereocenters. The van der Waals surface area contributed by atoms with E-state index in [1.807, 2.05) is 16.9 Å². The van der Waals surface area contributed by atoms with Crippen LogP contribution in [-0.4, -0.2) is 35.4 Å². The second-order valence-corrected chi connectivity index (χ2v) is 7.00. The topological polar surface area (TPSA) is 63.5 Å². The maximum absolute atomic E-state index is 6.09. The van der Waals surface area contributed by atoms with Crippen LogP contribution in [0, 0.1) is 0 Å². The number of hydrogen-bond donors (Lipinski definition) is 2. The predicted octanol–water partition coefficient (Wildman–Crippen LogP) is 3.97. The molecule has 2 N–H and O–H groups in total. The normalized spacial score (nSPS) is 15.0. The molecule has 6 nitrogen and oxygen atoms in total. The monoisotopic (exact) mass is 497 g/mol. The van der Waals surface area contributed by atoms with Gasteiger partial charge in [-0.25, -0.2) is 0 Å². The molecule has 1 aromatic carbocycles. The summed E-state index contributed by atoms with van der Waals surface area (Å²) in [5, 5.41) is 10.9. The summed E-state index contributed by atoms with van der Waals surface area (Å²) in [5.41, 5.74) is 1.21. The Hall–Kier alpha value is -1.77. The maximum Gasteiger partial charge on any atom is 0.191 e. The molecular formula is C21H32IN5O. The first-order valence-electron chi connectivity index (χ1n) is 10.0. The molecule has 0 radical (unpaired) electrons. The third-order valence-corrected chi connectivity index (χ3v) is 4.88. The summed E-state index contributed by atoms with van der Waals surface area (Å²) >= 11 is 0. The van der Waals surface area contributed by atoms with Gasteiger partial charge >= 0.3 is 0 Å². The zero-order valence-corrected chi connectivity index (χ0v) is 19.0. The summed E-state index contributed by atoms with van der Waals surface area (Å²) in [6.07, 6.45) is 11.5. The highest BCUT2D eigenvalue weighted by molar-refractivity contribution is 14.0. The number of rotatable bonds is 8. The Balaban J connectivity index is 0.00000280. The van der Waals surface area contributed by atoms with Crippen LogP contribution in [-0.2, 0) is 13.1 Å². The van der Waals surface area contributed by atoms with Crippen LogP contribution in [0.2, 0.25) is 0 Å². The highest BCUT2D eigenvalue weighted by Gasteiger charge is 2.14. The van der Waals surface area contributed by atoms with Crippen molar-refractivity contribution in [1.29, 1.82) is 0 Å². The van der Waals surface area contributed by atoms with Gasteiger partial charge < -0.3 is 15.4 Å². The van der Waals surface area contributed by atoms with E-state index in [2.05, 4.69) is 45.0 Å². The zero-order chi connectivity index (χ0) is 18.7. The molecular weight excluding hydrogens is 465 g/mol. The molecule has 0 aliphatic heterocycles. The average Bonchev–Trinajstić information content (AvgIpc) is 3.23. The van der Waals surface area contributed by atoms with Crippen LogP contribution < -0.4 is 15.4 Å². The Morgan fingerprint density at radius 2 is 1.96 bits per heavy atom. The van der Waals surface area contributed by atoms with Gasteiger partial charge in [-0.3, -0.25) is 9.67 Å². The lowest BCUT2D eigenvalue weighted by Gasteiger charge is -2.23. The van der Waals surface area contributed by atoms with Crippen LogP contribution in [0.5, 0.6) is 5.75 Å². The zero-order valence-electron chi connectivity index (χ0n) is 16.6. The fourth-order valence-corrected chi connectivity index (χ4v) is 3.35. The standard InChI is InChI=1S/C21H31N5O.HI/c1-22-21(23-13-5-15-26-16-6-14-25-26)24-17-18-9-11-20(12-10-18)27-19-7-3-2-4-8-19;/h6,9-12,14,16,19H,2-5,7-8,13,15,17H2,1H3,(H2,22,23,24);1H. The molecule has 1 aliphatic carbocycles. The van der Waals surface area contributed by atoms with E-state index < -0.39 is 0 Å². The number of aromatic nitrogens is 2. The van der Waals surface area contributed by atoms with Crippen LogP contribution in [0.4, 0.5) is 0 Å². The SMILES string of the molecule is CN=C(NCCCn1cccn1)NCc1ccc(OC2CCCCC2)cc1.I. The Morgan fingerprint density at radius 3 is 2.64 bits per heavy atom. The number of halogens is 1. The van der Waals surface area contributed by atoms with Gasteiger partial charge in [-0.2, -0.15) is 5.10 Å². The fourth-order valence-electron chi connectivity index (χ4n) is 3.35. The average molecular weight is 497 g/mol. The van der Waals surface area contributed by atoms with Crippen molar-refractivity contribution in [1.82, 2.24) is 20.4 Å². The van der Waals surface area contributed by atoms with E-state index in [1.54, 1.807) is 13.2 Å². The number of aryl methyl sites for hydroxylation is 1. The van der Waals surface area contributed by atoms with Gasteiger partial charge in [-0.1, -0.05) is 18.6 Å². The lowest BCUT2D eigenvalue weighted by molar-refractivity contribution is 0.155. The van der Waals surface area contributed by atoms with Gasteiger partial charge in [-0.05, 0) is 55.9 Å². The minimum atomic E-state index is 0. The Labute approximate surface area is 185 Å². The lowest BCUT2D eigenvalue weighted by Crippen LogP contribution is -2.37. The highest BCUT2D eigenvalue weighted by Crippen LogP contribution is 2.23. The Kier molecular flexibility index (Phi) is 10.2. The van der Waals surface area contributed by atoms with Crippen LogP contribution in [0.1, 0.15) is 44.1 Å². The number of hydrogen-bond acceptors (Lipinski definition) is 3. The summed E-state index contributed by atoms with van der Waals surface area (Å²) in [4.78, 5) is 4.28. The third-order valence-electron chi connectivity index (χ3n) is 4.88. The van der Waals surface area contributed by atoms with Gasteiger partial charge in [0, 0.05) is 39.1 Å². The van der Waals surface area contributed by atoms with E-state index in [1.165, 1.54) is 37.7 Å². The lowest BCUT2D eigenvalue weighted by atomic mass is 9.98. The van der Waals surface area contributed by atoms with Crippen LogP contribution >= 0.6 is 24.0 Å². The maximum atomic E-state index is 6.09. The summed E-state index contributed by atoms with van der Waals surface area (Å²) in [6, 6.07) is 10.3. The van der Waals surface area contributed by atoms with Gasteiger partial charge in [0.05, 0.1) is 6.10 Å². The van der Waals surface area contributed by atoms with E-state index >= 15 is 0 Å². The molecule has 1 heterocycles. The minimum Gasteiger partial charge on any atom is -0.490 e. The van der Waals surface area contributed by atoms with Gasteiger partial charge in [0.15, 0.2) is 5.96 Å². The van der Waals surface area contributed by atoms with Crippen molar-refractivity contribution < 1.29 is 4.74 Å². The Morgan fingerprint density at radius 1 is 1.18 bits per heavy atom. The molecule has 0 atom stereocenters. The number of ether oxygens (including phenoxy) is 1. The quantitative estimate of drug-likeness (QED) is 0.251. The largest absolute Gasteiger partial charge is 0.490 e. The second kappa shape index (κ2) is 12.6. The van der Waals surface area contributed by atoms with Gasteiger partial charge in [-0.15, -0.1) is 24.0 Å². The first kappa shape index (κ1) is 22.5. The van der Waals surface area contributed by atoms with Gasteiger partial charge in [0.2, 0.25) is 0 Å². The molecule has 0 saturated heterocycles. The van der Waals surface area contributed by atoms with E-state index in [0.717, 1.165) is 37.8 Å². The van der Waals surface area contributed by atoms with E-state index in [-0.39, 0.29) is 24.0 Å². The highest BCUT2D eigenvalue weighted by atomic mass is 127. The predicted molar refractivity (Wildman–Crippen MR) is 124 cm³/mol. The molecule has 0 amide bonds. The minimum absolute atomic E-state index is 0. The number of nitrogens with zero attached hydrogens (tertiary/aromatic N) is 3. The third kappa shape index (κ3) is 7.69. The molecule has 0 spiro atoms. The first-order chi connectivity index (χ1) is 13.3. The van der Waals surface area contributed by atoms with E-state index in [9.17, 15) is 0 Å². The van der Waals surface area contributed by atoms with Gasteiger partial charge in [0.1, 0.15) is 5.75 Å². The summed E-state index contributed by atoms with van der Waals surface area (Å²) < 4.78 is 8.03. The molecule has 1 saturated carbocycles. The van der Waals surface area contributed by atoms with Crippen molar-refractivity contribution >= 4 is 29.9 Å². The molecule has 1 aromatic heterocycles. The second-order valence-electron chi connectivity index (χ2n) is 7.00. The van der Waals surface area contributed by atoms with E-state index in [0.29, 0.717) is 6.10 Å². The molecule has 2 aromatic rings. The summed E-state index contributed by atoms with van der Waals surface area (Å²) in [5.74, 6) is 1.80. The van der Waals surface area contributed by atoms with Crippen molar-refractivity contribution in [2.75, 3.05) is 13.6 Å². The van der Waals surface area contributed by atoms with Crippen molar-refractivity contribution in [2.24, 2.45) is 4.99 Å². The number of guanidine groups is 1. The first-order valence-corrected chi connectivity index (χ1v) is 10.0.